The highest BCUT2D eigenvalue weighted by Crippen LogP contribution is 2.22. The SMILES string of the molecule is CN(CCN1C(=O)c2ccccc2C1=O)C(=O)C1CNC1. The van der Waals surface area contributed by atoms with Crippen LogP contribution in [0.5, 0.6) is 0 Å². The lowest BCUT2D eigenvalue weighted by molar-refractivity contribution is -0.135. The van der Waals surface area contributed by atoms with Crippen molar-refractivity contribution in [1.29, 1.82) is 0 Å². The maximum absolute atomic E-state index is 12.2. The second kappa shape index (κ2) is 5.29. The fourth-order valence-corrected chi connectivity index (χ4v) is 2.58. The van der Waals surface area contributed by atoms with Gasteiger partial charge in [0.25, 0.3) is 11.8 Å². The van der Waals surface area contributed by atoms with E-state index >= 15 is 0 Å². The summed E-state index contributed by atoms with van der Waals surface area (Å²) in [5.41, 5.74) is 0.888. The minimum absolute atomic E-state index is 0.0252. The number of fused-ring (bicyclic) bond motifs is 1. The lowest BCUT2D eigenvalue weighted by Gasteiger charge is -2.30. The molecule has 110 valence electrons. The van der Waals surface area contributed by atoms with Crippen LogP contribution in [0, 0.1) is 5.92 Å². The van der Waals surface area contributed by atoms with Gasteiger partial charge < -0.3 is 10.2 Å². The Kier molecular flexibility index (Phi) is 3.47. The smallest absolute Gasteiger partial charge is 0.261 e. The summed E-state index contributed by atoms with van der Waals surface area (Å²) >= 11 is 0. The Morgan fingerprint density at radius 2 is 1.81 bits per heavy atom. The molecule has 0 bridgehead atoms. The molecule has 6 nitrogen and oxygen atoms in total. The molecule has 1 N–H and O–H groups in total. The van der Waals surface area contributed by atoms with Gasteiger partial charge in [0.2, 0.25) is 5.91 Å². The van der Waals surface area contributed by atoms with Crippen molar-refractivity contribution in [2.45, 2.75) is 0 Å². The largest absolute Gasteiger partial charge is 0.344 e. The second-order valence-electron chi connectivity index (χ2n) is 5.42. The topological polar surface area (TPSA) is 69.7 Å². The molecule has 1 saturated heterocycles. The molecular weight excluding hydrogens is 270 g/mol. The molecule has 1 aromatic rings. The Bertz CT molecular complexity index is 575. The van der Waals surface area contributed by atoms with Gasteiger partial charge in [-0.1, -0.05) is 12.1 Å². The Balaban J connectivity index is 1.63. The van der Waals surface area contributed by atoms with Crippen LogP contribution in [-0.2, 0) is 4.79 Å². The molecule has 0 spiro atoms. The third-order valence-electron chi connectivity index (χ3n) is 4.04. The molecule has 6 heteroatoms. The van der Waals surface area contributed by atoms with Gasteiger partial charge in [-0.25, -0.2) is 0 Å². The minimum atomic E-state index is -0.276. The number of imide groups is 1. The first kappa shape index (κ1) is 13.8. The number of carbonyl (C=O) groups is 3. The fourth-order valence-electron chi connectivity index (χ4n) is 2.58. The molecule has 3 amide bonds. The van der Waals surface area contributed by atoms with Gasteiger partial charge in [0.05, 0.1) is 17.0 Å². The second-order valence-corrected chi connectivity index (χ2v) is 5.42. The molecule has 0 atom stereocenters. The highest BCUT2D eigenvalue weighted by atomic mass is 16.2. The summed E-state index contributed by atoms with van der Waals surface area (Å²) in [6.45, 7) is 2.00. The van der Waals surface area contributed by atoms with Crippen LogP contribution < -0.4 is 5.32 Å². The van der Waals surface area contributed by atoms with Crippen LogP contribution in [0.3, 0.4) is 0 Å². The Hall–Kier alpha value is -2.21. The lowest BCUT2D eigenvalue weighted by Crippen LogP contribution is -2.52. The van der Waals surface area contributed by atoms with Crippen molar-refractivity contribution >= 4 is 17.7 Å². The van der Waals surface area contributed by atoms with E-state index in [-0.39, 0.29) is 30.2 Å². The zero-order valence-electron chi connectivity index (χ0n) is 11.8. The van der Waals surface area contributed by atoms with E-state index in [1.807, 2.05) is 0 Å². The fraction of sp³-hybridized carbons (Fsp3) is 0.400. The zero-order chi connectivity index (χ0) is 15.0. The van der Waals surface area contributed by atoms with Crippen molar-refractivity contribution in [2.75, 3.05) is 33.2 Å². The third kappa shape index (κ3) is 2.31. The number of likely N-dealkylation sites (N-methyl/N-ethyl adjacent to an activating group) is 1. The normalized spacial score (nSPS) is 17.7. The first-order valence-electron chi connectivity index (χ1n) is 7.00. The van der Waals surface area contributed by atoms with E-state index in [0.29, 0.717) is 30.8 Å². The molecule has 0 radical (unpaired) electrons. The van der Waals surface area contributed by atoms with Crippen molar-refractivity contribution < 1.29 is 14.4 Å². The number of amides is 3. The van der Waals surface area contributed by atoms with Gasteiger partial charge in [-0.2, -0.15) is 0 Å². The zero-order valence-corrected chi connectivity index (χ0v) is 11.8. The van der Waals surface area contributed by atoms with Gasteiger partial charge in [0, 0.05) is 33.2 Å². The van der Waals surface area contributed by atoms with Crippen molar-refractivity contribution in [3.8, 4) is 0 Å². The molecule has 21 heavy (non-hydrogen) atoms. The number of nitrogens with zero attached hydrogens (tertiary/aromatic N) is 2. The highest BCUT2D eigenvalue weighted by molar-refractivity contribution is 6.21. The van der Waals surface area contributed by atoms with Crippen LogP contribution in [0.1, 0.15) is 20.7 Å². The summed E-state index contributed by atoms with van der Waals surface area (Å²) in [5.74, 6) is -0.467. The monoisotopic (exact) mass is 287 g/mol. The van der Waals surface area contributed by atoms with E-state index in [1.165, 1.54) is 4.90 Å². The Labute approximate surface area is 122 Å². The number of hydrogen-bond donors (Lipinski definition) is 1. The van der Waals surface area contributed by atoms with Crippen LogP contribution >= 0.6 is 0 Å². The van der Waals surface area contributed by atoms with Gasteiger partial charge in [-0.15, -0.1) is 0 Å². The molecular formula is C15H17N3O3. The van der Waals surface area contributed by atoms with E-state index in [0.717, 1.165) is 0 Å². The predicted molar refractivity (Wildman–Crippen MR) is 75.8 cm³/mol. The van der Waals surface area contributed by atoms with Crippen LogP contribution in [0.2, 0.25) is 0 Å². The molecule has 2 heterocycles. The van der Waals surface area contributed by atoms with Crippen molar-refractivity contribution in [3.63, 3.8) is 0 Å². The molecule has 1 fully saturated rings. The van der Waals surface area contributed by atoms with Gasteiger partial charge in [-0.3, -0.25) is 19.3 Å². The third-order valence-corrected chi connectivity index (χ3v) is 4.04. The molecule has 0 aliphatic carbocycles. The van der Waals surface area contributed by atoms with Crippen molar-refractivity contribution in [2.24, 2.45) is 5.92 Å². The van der Waals surface area contributed by atoms with E-state index < -0.39 is 0 Å². The summed E-state index contributed by atoms with van der Waals surface area (Å²) in [6, 6.07) is 6.80. The van der Waals surface area contributed by atoms with Crippen LogP contribution in [0.15, 0.2) is 24.3 Å². The number of carbonyl (C=O) groups excluding carboxylic acids is 3. The van der Waals surface area contributed by atoms with E-state index in [4.69, 9.17) is 0 Å². The Morgan fingerprint density at radius 1 is 1.24 bits per heavy atom. The molecule has 0 saturated carbocycles. The van der Waals surface area contributed by atoms with Gasteiger partial charge in [-0.05, 0) is 12.1 Å². The Morgan fingerprint density at radius 3 is 2.29 bits per heavy atom. The molecule has 0 unspecified atom stereocenters. The summed E-state index contributed by atoms with van der Waals surface area (Å²) < 4.78 is 0. The molecule has 3 rings (SSSR count). The van der Waals surface area contributed by atoms with Crippen LogP contribution in [0.4, 0.5) is 0 Å². The van der Waals surface area contributed by atoms with Gasteiger partial charge in [0.1, 0.15) is 0 Å². The molecule has 1 aromatic carbocycles. The average Bonchev–Trinajstić information content (AvgIpc) is 2.67. The van der Waals surface area contributed by atoms with Crippen LogP contribution in [0.25, 0.3) is 0 Å². The maximum atomic E-state index is 12.2. The summed E-state index contributed by atoms with van der Waals surface area (Å²) in [4.78, 5) is 39.2. The molecule has 2 aliphatic rings. The lowest BCUT2D eigenvalue weighted by atomic mass is 10.0. The summed E-state index contributed by atoms with van der Waals surface area (Å²) in [7, 11) is 1.71. The first-order chi connectivity index (χ1) is 10.1. The van der Waals surface area contributed by atoms with Crippen molar-refractivity contribution in [3.05, 3.63) is 35.4 Å². The van der Waals surface area contributed by atoms with Crippen molar-refractivity contribution in [1.82, 2.24) is 15.1 Å². The standard InChI is InChI=1S/C15H17N3O3/c1-17(13(19)10-8-16-9-10)6-7-18-14(20)11-4-2-3-5-12(11)15(18)21/h2-5,10,16H,6-9H2,1H3. The van der Waals surface area contributed by atoms with Gasteiger partial charge >= 0.3 is 0 Å². The number of hydrogen-bond acceptors (Lipinski definition) is 4. The number of rotatable bonds is 4. The summed E-state index contributed by atoms with van der Waals surface area (Å²) in [5, 5.41) is 3.05. The molecule has 2 aliphatic heterocycles. The quantitative estimate of drug-likeness (QED) is 0.789. The van der Waals surface area contributed by atoms with Gasteiger partial charge in [0.15, 0.2) is 0 Å². The number of nitrogens with one attached hydrogen (secondary N) is 1. The van der Waals surface area contributed by atoms with E-state index in [1.54, 1.807) is 36.2 Å². The van der Waals surface area contributed by atoms with E-state index in [9.17, 15) is 14.4 Å². The maximum Gasteiger partial charge on any atom is 0.261 e. The highest BCUT2D eigenvalue weighted by Gasteiger charge is 2.35. The molecule has 0 aromatic heterocycles. The average molecular weight is 287 g/mol. The number of benzene rings is 1. The van der Waals surface area contributed by atoms with Crippen LogP contribution in [-0.4, -0.2) is 60.7 Å². The first-order valence-corrected chi connectivity index (χ1v) is 7.00. The summed E-state index contributed by atoms with van der Waals surface area (Å²) in [6.07, 6.45) is 0. The van der Waals surface area contributed by atoms with E-state index in [2.05, 4.69) is 5.32 Å². The predicted octanol–water partition coefficient (Wildman–Crippen LogP) is -0.0396. The minimum Gasteiger partial charge on any atom is -0.344 e.